The van der Waals surface area contributed by atoms with Crippen molar-refractivity contribution in [3.8, 4) is 5.75 Å². The second-order valence-electron chi connectivity index (χ2n) is 8.43. The molecule has 5 rings (SSSR count). The molecule has 0 bridgehead atoms. The Labute approximate surface area is 228 Å². The van der Waals surface area contributed by atoms with Gasteiger partial charge in [0.05, 0.1) is 16.1 Å². The predicted molar refractivity (Wildman–Crippen MR) is 149 cm³/mol. The minimum atomic E-state index is -0.459. The number of benzene rings is 3. The molecular weight excluding hydrogens is 529 g/mol. The van der Waals surface area contributed by atoms with Crippen molar-refractivity contribution in [1.29, 1.82) is 0 Å². The zero-order valence-corrected chi connectivity index (χ0v) is 22.2. The summed E-state index contributed by atoms with van der Waals surface area (Å²) < 4.78 is 7.47. The number of nitrogens with zero attached hydrogens (tertiary/aromatic N) is 1. The number of aromatic nitrogens is 1. The second kappa shape index (κ2) is 10.9. The number of ether oxygens (including phenoxy) is 1. The average Bonchev–Trinajstić information content (AvgIpc) is 3.06. The number of halogens is 2. The van der Waals surface area contributed by atoms with Crippen LogP contribution < -0.4 is 20.9 Å². The van der Waals surface area contributed by atoms with Crippen LogP contribution in [0.3, 0.4) is 0 Å². The largest absolute Gasteiger partial charge is 0.482 e. The Bertz CT molecular complexity index is 1530. The fourth-order valence-electron chi connectivity index (χ4n) is 4.27. The lowest BCUT2D eigenvalue weighted by Crippen LogP contribution is -2.33. The third kappa shape index (κ3) is 5.21. The predicted octanol–water partition coefficient (Wildman–Crippen LogP) is 6.03. The molecule has 0 saturated heterocycles. The van der Waals surface area contributed by atoms with Gasteiger partial charge >= 0.3 is 0 Å². The highest BCUT2D eigenvalue weighted by molar-refractivity contribution is 7.98. The quantitative estimate of drug-likeness (QED) is 0.306. The van der Waals surface area contributed by atoms with Crippen molar-refractivity contribution in [1.82, 2.24) is 9.99 Å². The number of carbonyl (C=O) groups is 1. The van der Waals surface area contributed by atoms with E-state index >= 15 is 0 Å². The Morgan fingerprint density at radius 2 is 1.76 bits per heavy atom. The molecule has 0 spiro atoms. The fourth-order valence-corrected chi connectivity index (χ4v) is 5.79. The van der Waals surface area contributed by atoms with Crippen LogP contribution in [0.2, 0.25) is 10.0 Å². The number of carbonyl (C=O) groups excluding carboxylic acids is 1. The topological polar surface area (TPSA) is 72.4 Å². The van der Waals surface area contributed by atoms with Crippen molar-refractivity contribution in [3.05, 3.63) is 127 Å². The molecule has 1 atom stereocenters. The van der Waals surface area contributed by atoms with Crippen LogP contribution in [-0.2, 0) is 12.4 Å². The maximum Gasteiger partial charge on any atom is 0.273 e. The molecule has 2 heterocycles. The van der Waals surface area contributed by atoms with Gasteiger partial charge in [0.2, 0.25) is 5.43 Å². The molecule has 0 aliphatic carbocycles. The highest BCUT2D eigenvalue weighted by Gasteiger charge is 2.28. The monoisotopic (exact) mass is 551 g/mol. The highest BCUT2D eigenvalue weighted by Crippen LogP contribution is 2.43. The number of nitrogens with one attached hydrogen (secondary N) is 2. The van der Waals surface area contributed by atoms with Crippen LogP contribution in [0.4, 0.5) is 0 Å². The Morgan fingerprint density at radius 3 is 2.54 bits per heavy atom. The van der Waals surface area contributed by atoms with Gasteiger partial charge in [-0.05, 0) is 34.4 Å². The van der Waals surface area contributed by atoms with Crippen LogP contribution in [0, 0.1) is 0 Å². The number of hydrogen-bond donors (Lipinski definition) is 2. The fraction of sp³-hybridized carbons (Fsp3) is 0.143. The van der Waals surface area contributed by atoms with Crippen LogP contribution in [0.15, 0.2) is 88.7 Å². The highest BCUT2D eigenvalue weighted by atomic mass is 35.5. The number of hydrogen-bond acceptors (Lipinski definition) is 5. The zero-order valence-electron chi connectivity index (χ0n) is 19.8. The first-order valence-electron chi connectivity index (χ1n) is 11.6. The van der Waals surface area contributed by atoms with E-state index in [9.17, 15) is 9.59 Å². The van der Waals surface area contributed by atoms with Crippen LogP contribution in [0.1, 0.15) is 38.8 Å². The Hall–Kier alpha value is -3.39. The van der Waals surface area contributed by atoms with Crippen molar-refractivity contribution in [2.45, 2.75) is 23.3 Å². The molecule has 1 aromatic heterocycles. The molecule has 0 saturated carbocycles. The first-order chi connectivity index (χ1) is 18.0. The standard InChI is InChI=1S/C28H23Cl2N3O3S/c1-31-28(35)26-27(36-15-17-7-3-2-4-8-17)23(34)11-12-33(26)32-25-19-10-6-5-9-18(19)16-37-24-14-22(30)21(29)13-20(24)25/h2-14,25,32H,15-16H2,1H3,(H,31,35). The van der Waals surface area contributed by atoms with Gasteiger partial charge in [-0.2, -0.15) is 0 Å². The third-order valence-electron chi connectivity index (χ3n) is 6.10. The smallest absolute Gasteiger partial charge is 0.273 e. The van der Waals surface area contributed by atoms with E-state index in [0.29, 0.717) is 10.0 Å². The maximum atomic E-state index is 13.1. The van der Waals surface area contributed by atoms with Gasteiger partial charge in [-0.3, -0.25) is 14.3 Å². The van der Waals surface area contributed by atoms with Gasteiger partial charge in [0.25, 0.3) is 5.91 Å². The van der Waals surface area contributed by atoms with Crippen molar-refractivity contribution in [3.63, 3.8) is 0 Å². The van der Waals surface area contributed by atoms with Gasteiger partial charge in [0.15, 0.2) is 11.4 Å². The molecule has 9 heteroatoms. The van der Waals surface area contributed by atoms with Crippen LogP contribution in [0.25, 0.3) is 0 Å². The summed E-state index contributed by atoms with van der Waals surface area (Å²) in [6.45, 7) is 0.143. The average molecular weight is 552 g/mol. The van der Waals surface area contributed by atoms with E-state index in [0.717, 1.165) is 32.9 Å². The molecule has 3 aromatic carbocycles. The molecule has 188 valence electrons. The molecule has 1 aliphatic rings. The van der Waals surface area contributed by atoms with E-state index in [-0.39, 0.29) is 29.5 Å². The molecular formula is C28H23Cl2N3O3S. The normalized spacial score (nSPS) is 14.2. The molecule has 1 aliphatic heterocycles. The maximum absolute atomic E-state index is 13.1. The number of rotatable bonds is 6. The van der Waals surface area contributed by atoms with Crippen LogP contribution >= 0.6 is 35.0 Å². The van der Waals surface area contributed by atoms with Gasteiger partial charge in [-0.15, -0.1) is 11.8 Å². The van der Waals surface area contributed by atoms with Gasteiger partial charge < -0.3 is 15.5 Å². The summed E-state index contributed by atoms with van der Waals surface area (Å²) in [5, 5.41) is 3.54. The van der Waals surface area contributed by atoms with Crippen molar-refractivity contribution < 1.29 is 9.53 Å². The van der Waals surface area contributed by atoms with Crippen molar-refractivity contribution in [2.75, 3.05) is 12.5 Å². The Morgan fingerprint density at radius 1 is 1.03 bits per heavy atom. The summed E-state index contributed by atoms with van der Waals surface area (Å²) in [5.41, 5.74) is 7.09. The Balaban J connectivity index is 1.62. The molecule has 4 aromatic rings. The van der Waals surface area contributed by atoms with E-state index < -0.39 is 5.91 Å². The number of fused-ring (bicyclic) bond motifs is 2. The summed E-state index contributed by atoms with van der Waals surface area (Å²) in [6, 6.07) is 22.3. The van der Waals surface area contributed by atoms with Gasteiger partial charge in [0, 0.05) is 30.0 Å². The molecule has 1 unspecified atom stereocenters. The van der Waals surface area contributed by atoms with Gasteiger partial charge in [-0.1, -0.05) is 77.8 Å². The molecule has 37 heavy (non-hydrogen) atoms. The number of thioether (sulfide) groups is 1. The number of pyridine rings is 1. The molecule has 1 amide bonds. The third-order valence-corrected chi connectivity index (χ3v) is 7.95. The molecule has 0 radical (unpaired) electrons. The SMILES string of the molecule is CNC(=O)c1c(OCc2ccccc2)c(=O)ccn1NC1c2ccccc2CSc2cc(Cl)c(Cl)cc21. The van der Waals surface area contributed by atoms with E-state index in [1.54, 1.807) is 22.6 Å². The van der Waals surface area contributed by atoms with Crippen LogP contribution in [-0.4, -0.2) is 17.6 Å². The summed E-state index contributed by atoms with van der Waals surface area (Å²) in [5.74, 6) is 0.250. The molecule has 0 fully saturated rings. The first-order valence-corrected chi connectivity index (χ1v) is 13.3. The Kier molecular flexibility index (Phi) is 7.46. The van der Waals surface area contributed by atoms with Crippen molar-refractivity contribution in [2.24, 2.45) is 0 Å². The van der Waals surface area contributed by atoms with Gasteiger partial charge in [0.1, 0.15) is 6.61 Å². The first kappa shape index (κ1) is 25.3. The lowest BCUT2D eigenvalue weighted by Gasteiger charge is -2.26. The zero-order chi connectivity index (χ0) is 25.9. The number of amides is 1. The minimum Gasteiger partial charge on any atom is -0.482 e. The molecule has 6 nitrogen and oxygen atoms in total. The van der Waals surface area contributed by atoms with E-state index in [2.05, 4.69) is 16.8 Å². The van der Waals surface area contributed by atoms with E-state index in [4.69, 9.17) is 27.9 Å². The van der Waals surface area contributed by atoms with E-state index in [1.165, 1.54) is 13.1 Å². The lowest BCUT2D eigenvalue weighted by molar-refractivity contribution is 0.0948. The minimum absolute atomic E-state index is 0.0381. The lowest BCUT2D eigenvalue weighted by atomic mass is 9.95. The second-order valence-corrected chi connectivity index (χ2v) is 10.3. The summed E-state index contributed by atoms with van der Waals surface area (Å²) in [4.78, 5) is 26.9. The molecule has 2 N–H and O–H groups in total. The van der Waals surface area contributed by atoms with Crippen molar-refractivity contribution >= 4 is 40.9 Å². The van der Waals surface area contributed by atoms with Crippen LogP contribution in [0.5, 0.6) is 5.75 Å². The van der Waals surface area contributed by atoms with E-state index in [1.807, 2.05) is 60.7 Å². The summed E-state index contributed by atoms with van der Waals surface area (Å²) >= 11 is 14.5. The van der Waals surface area contributed by atoms with Gasteiger partial charge in [-0.25, -0.2) is 0 Å². The summed E-state index contributed by atoms with van der Waals surface area (Å²) in [7, 11) is 1.51. The summed E-state index contributed by atoms with van der Waals surface area (Å²) in [6.07, 6.45) is 1.54.